The van der Waals surface area contributed by atoms with Gasteiger partial charge >= 0.3 is 0 Å². The lowest BCUT2D eigenvalue weighted by Gasteiger charge is -2.05. The van der Waals surface area contributed by atoms with Crippen molar-refractivity contribution >= 4 is 44.7 Å². The van der Waals surface area contributed by atoms with E-state index in [1.165, 1.54) is 4.88 Å². The van der Waals surface area contributed by atoms with Gasteiger partial charge < -0.3 is 11.1 Å². The van der Waals surface area contributed by atoms with Gasteiger partial charge in [0.25, 0.3) is 0 Å². The molecule has 0 bridgehead atoms. The Labute approximate surface area is 112 Å². The highest BCUT2D eigenvalue weighted by atomic mass is 32.1. The van der Waals surface area contributed by atoms with Crippen LogP contribution in [-0.4, -0.2) is 15.0 Å². The monoisotopic (exact) mass is 277 g/mol. The first-order valence-electron chi connectivity index (χ1n) is 5.38. The van der Waals surface area contributed by atoms with Gasteiger partial charge in [0.1, 0.15) is 15.7 Å². The van der Waals surface area contributed by atoms with E-state index in [0.29, 0.717) is 12.5 Å². The fourth-order valence-electron chi connectivity index (χ4n) is 1.65. The first kappa shape index (κ1) is 11.4. The summed E-state index contributed by atoms with van der Waals surface area (Å²) in [5.74, 6) is 1.06. The molecular weight excluding hydrogens is 266 g/mol. The molecule has 3 rings (SSSR count). The highest BCUT2D eigenvalue weighted by Gasteiger charge is 2.07. The quantitative estimate of drug-likeness (QED) is 0.769. The molecule has 0 saturated heterocycles. The molecule has 0 aliphatic heterocycles. The second-order valence-electron chi connectivity index (χ2n) is 3.79. The standard InChI is InChI=1S/C11H11N5S2/c1-6-4-13-8(18-6)5-14-9-7-2-3-17-10(7)16-11(12)15-9/h2-4H,5H2,1H3,(H3,12,14,15,16). The molecule has 0 amide bonds. The van der Waals surface area contributed by atoms with E-state index < -0.39 is 0 Å². The zero-order valence-electron chi connectivity index (χ0n) is 9.67. The molecule has 3 aromatic heterocycles. The summed E-state index contributed by atoms with van der Waals surface area (Å²) < 4.78 is 0. The van der Waals surface area contributed by atoms with E-state index in [2.05, 4.69) is 20.3 Å². The minimum Gasteiger partial charge on any atom is -0.368 e. The number of aryl methyl sites for hydroxylation is 1. The summed E-state index contributed by atoms with van der Waals surface area (Å²) >= 11 is 3.23. The largest absolute Gasteiger partial charge is 0.368 e. The Morgan fingerprint density at radius 3 is 3.06 bits per heavy atom. The highest BCUT2D eigenvalue weighted by Crippen LogP contribution is 2.26. The molecule has 18 heavy (non-hydrogen) atoms. The molecule has 0 spiro atoms. The van der Waals surface area contributed by atoms with Crippen LogP contribution in [0.3, 0.4) is 0 Å². The number of nitrogens with zero attached hydrogens (tertiary/aromatic N) is 3. The Hall–Kier alpha value is -1.73. The summed E-state index contributed by atoms with van der Waals surface area (Å²) in [6.07, 6.45) is 1.87. The Morgan fingerprint density at radius 2 is 2.28 bits per heavy atom. The Morgan fingerprint density at radius 1 is 1.39 bits per heavy atom. The van der Waals surface area contributed by atoms with Crippen LogP contribution in [0.5, 0.6) is 0 Å². The summed E-state index contributed by atoms with van der Waals surface area (Å²) in [5.41, 5.74) is 5.69. The molecule has 0 saturated carbocycles. The summed E-state index contributed by atoms with van der Waals surface area (Å²) in [6, 6.07) is 1.99. The van der Waals surface area contributed by atoms with Gasteiger partial charge in [0.2, 0.25) is 5.95 Å². The number of fused-ring (bicyclic) bond motifs is 1. The lowest BCUT2D eigenvalue weighted by atomic mass is 10.4. The predicted molar refractivity (Wildman–Crippen MR) is 76.0 cm³/mol. The van der Waals surface area contributed by atoms with Crippen molar-refractivity contribution in [1.82, 2.24) is 15.0 Å². The van der Waals surface area contributed by atoms with E-state index in [1.807, 2.05) is 24.6 Å². The maximum absolute atomic E-state index is 5.69. The molecule has 7 heteroatoms. The number of nitrogens with two attached hydrogens (primary N) is 1. The molecular formula is C11H11N5S2. The van der Waals surface area contributed by atoms with Gasteiger partial charge in [-0.15, -0.1) is 22.7 Å². The topological polar surface area (TPSA) is 76.7 Å². The average Bonchev–Trinajstić information content (AvgIpc) is 2.94. The number of nitrogen functional groups attached to an aromatic ring is 1. The summed E-state index contributed by atoms with van der Waals surface area (Å²) in [6.45, 7) is 2.70. The Kier molecular flexibility index (Phi) is 2.85. The molecule has 5 nitrogen and oxygen atoms in total. The lowest BCUT2D eigenvalue weighted by Crippen LogP contribution is -2.04. The van der Waals surface area contributed by atoms with Crippen LogP contribution in [0.2, 0.25) is 0 Å². The first-order chi connectivity index (χ1) is 8.72. The van der Waals surface area contributed by atoms with E-state index in [1.54, 1.807) is 22.7 Å². The van der Waals surface area contributed by atoms with E-state index in [-0.39, 0.29) is 0 Å². The number of anilines is 2. The van der Waals surface area contributed by atoms with Crippen molar-refractivity contribution in [2.75, 3.05) is 11.1 Å². The van der Waals surface area contributed by atoms with Gasteiger partial charge in [-0.2, -0.15) is 4.98 Å². The van der Waals surface area contributed by atoms with Gasteiger partial charge in [0.05, 0.1) is 11.9 Å². The molecule has 0 fully saturated rings. The number of hydrogen-bond acceptors (Lipinski definition) is 7. The third-order valence-corrected chi connectivity index (χ3v) is 4.14. The number of hydrogen-bond donors (Lipinski definition) is 2. The number of thiophene rings is 1. The molecule has 3 aromatic rings. The number of rotatable bonds is 3. The lowest BCUT2D eigenvalue weighted by molar-refractivity contribution is 1.08. The zero-order valence-corrected chi connectivity index (χ0v) is 11.3. The van der Waals surface area contributed by atoms with Gasteiger partial charge in [-0.05, 0) is 18.4 Å². The van der Waals surface area contributed by atoms with Crippen molar-refractivity contribution in [1.29, 1.82) is 0 Å². The Balaban J connectivity index is 1.87. The van der Waals surface area contributed by atoms with Crippen molar-refractivity contribution in [3.05, 3.63) is 27.5 Å². The van der Waals surface area contributed by atoms with Crippen LogP contribution < -0.4 is 11.1 Å². The highest BCUT2D eigenvalue weighted by molar-refractivity contribution is 7.16. The Bertz CT molecular complexity index is 688. The SMILES string of the molecule is Cc1cnc(CNc2nc(N)nc3sccc23)s1. The third kappa shape index (κ3) is 2.14. The number of nitrogens with one attached hydrogen (secondary N) is 1. The van der Waals surface area contributed by atoms with Crippen LogP contribution >= 0.6 is 22.7 Å². The second-order valence-corrected chi connectivity index (χ2v) is 6.00. The average molecular weight is 277 g/mol. The maximum Gasteiger partial charge on any atom is 0.223 e. The van der Waals surface area contributed by atoms with Gasteiger partial charge in [-0.3, -0.25) is 0 Å². The van der Waals surface area contributed by atoms with Crippen molar-refractivity contribution in [3.63, 3.8) is 0 Å². The van der Waals surface area contributed by atoms with E-state index in [0.717, 1.165) is 21.0 Å². The van der Waals surface area contributed by atoms with Gasteiger partial charge in [-0.1, -0.05) is 0 Å². The van der Waals surface area contributed by atoms with E-state index in [9.17, 15) is 0 Å². The van der Waals surface area contributed by atoms with Crippen LogP contribution in [0, 0.1) is 6.92 Å². The molecule has 3 heterocycles. The zero-order chi connectivity index (χ0) is 12.5. The van der Waals surface area contributed by atoms with E-state index in [4.69, 9.17) is 5.73 Å². The minimum atomic E-state index is 0.294. The van der Waals surface area contributed by atoms with Crippen LogP contribution in [-0.2, 0) is 6.54 Å². The summed E-state index contributed by atoms with van der Waals surface area (Å²) in [5, 5.41) is 7.29. The fraction of sp³-hybridized carbons (Fsp3) is 0.182. The van der Waals surface area contributed by atoms with Crippen molar-refractivity contribution < 1.29 is 0 Å². The number of aromatic nitrogens is 3. The second kappa shape index (κ2) is 4.51. The molecule has 0 radical (unpaired) electrons. The molecule has 3 N–H and O–H groups in total. The normalized spacial score (nSPS) is 10.9. The van der Waals surface area contributed by atoms with Crippen molar-refractivity contribution in [2.45, 2.75) is 13.5 Å². The first-order valence-corrected chi connectivity index (χ1v) is 7.08. The van der Waals surface area contributed by atoms with Crippen LogP contribution in [0.25, 0.3) is 10.2 Å². The third-order valence-electron chi connectivity index (χ3n) is 2.42. The molecule has 0 aliphatic carbocycles. The smallest absolute Gasteiger partial charge is 0.223 e. The fourth-order valence-corrected chi connectivity index (χ4v) is 3.15. The van der Waals surface area contributed by atoms with Gasteiger partial charge in [-0.25, -0.2) is 9.97 Å². The van der Waals surface area contributed by atoms with Crippen LogP contribution in [0.15, 0.2) is 17.6 Å². The van der Waals surface area contributed by atoms with Crippen molar-refractivity contribution in [2.24, 2.45) is 0 Å². The predicted octanol–water partition coefficient (Wildman–Crippen LogP) is 2.65. The summed E-state index contributed by atoms with van der Waals surface area (Å²) in [7, 11) is 0. The van der Waals surface area contributed by atoms with Gasteiger partial charge in [0.15, 0.2) is 0 Å². The molecule has 0 unspecified atom stereocenters. The molecule has 0 aliphatic rings. The van der Waals surface area contributed by atoms with Gasteiger partial charge in [0, 0.05) is 11.1 Å². The van der Waals surface area contributed by atoms with Crippen LogP contribution in [0.4, 0.5) is 11.8 Å². The maximum atomic E-state index is 5.69. The molecule has 0 aromatic carbocycles. The molecule has 0 atom stereocenters. The molecule has 92 valence electrons. The van der Waals surface area contributed by atoms with Crippen LogP contribution in [0.1, 0.15) is 9.88 Å². The van der Waals surface area contributed by atoms with Crippen molar-refractivity contribution in [3.8, 4) is 0 Å². The minimum absolute atomic E-state index is 0.294. The van der Waals surface area contributed by atoms with E-state index >= 15 is 0 Å². The number of thiazole rings is 1. The summed E-state index contributed by atoms with van der Waals surface area (Å²) in [4.78, 5) is 14.8.